The summed E-state index contributed by atoms with van der Waals surface area (Å²) in [5.41, 5.74) is 1.83. The van der Waals surface area contributed by atoms with Gasteiger partial charge in [0.05, 0.1) is 5.56 Å². The minimum Gasteiger partial charge on any atom is -0.351 e. The Hall–Kier alpha value is -0.350. The van der Waals surface area contributed by atoms with E-state index in [0.29, 0.717) is 12.1 Å². The van der Waals surface area contributed by atoms with Gasteiger partial charge in [0.2, 0.25) is 0 Å². The second-order valence-corrected chi connectivity index (χ2v) is 6.38. The van der Waals surface area contributed by atoms with Gasteiger partial charge in [-0.3, -0.25) is 4.79 Å². The molecule has 1 amide bonds. The third-order valence-corrected chi connectivity index (χ3v) is 4.67. The van der Waals surface area contributed by atoms with E-state index in [4.69, 9.17) is 0 Å². The number of benzene rings is 1. The number of carbonyl (C=O) groups excluding carboxylic acids is 1. The lowest BCUT2D eigenvalue weighted by atomic mass is 9.96. The van der Waals surface area contributed by atoms with Crippen LogP contribution in [0.3, 0.4) is 0 Å². The fourth-order valence-corrected chi connectivity index (χ4v) is 1.90. The average Bonchev–Trinajstić information content (AvgIpc) is 2.29. The smallest absolute Gasteiger partial charge is 0.252 e. The molecule has 2 nitrogen and oxygen atoms in total. The number of carbonyl (C=O) groups is 1. The van der Waals surface area contributed by atoms with Crippen LogP contribution in [0.25, 0.3) is 0 Å². The molecule has 0 bridgehead atoms. The Bertz CT molecular complexity index is 416. The summed E-state index contributed by atoms with van der Waals surface area (Å²) in [5, 5.41) is 3.82. The molecular formula is C13H17Br2NO. The zero-order chi connectivity index (χ0) is 13.1. The predicted octanol–water partition coefficient (Wildman–Crippen LogP) is 3.91. The molecule has 0 saturated heterocycles. The normalized spacial score (nSPS) is 11.4. The average molecular weight is 363 g/mol. The molecule has 0 radical (unpaired) electrons. The number of halogens is 2. The van der Waals surface area contributed by atoms with Crippen LogP contribution >= 0.6 is 31.9 Å². The SMILES string of the molecule is Cc1ccc(Br)c(C(=O)NCC(C)(C)CBr)c1. The van der Waals surface area contributed by atoms with Crippen molar-refractivity contribution in [1.82, 2.24) is 5.32 Å². The number of aryl methyl sites for hydroxylation is 1. The van der Waals surface area contributed by atoms with Crippen molar-refractivity contribution in [3.63, 3.8) is 0 Å². The lowest BCUT2D eigenvalue weighted by molar-refractivity contribution is 0.0939. The Morgan fingerprint density at radius 3 is 2.65 bits per heavy atom. The third kappa shape index (κ3) is 4.43. The first-order chi connectivity index (χ1) is 7.85. The van der Waals surface area contributed by atoms with E-state index >= 15 is 0 Å². The summed E-state index contributed by atoms with van der Waals surface area (Å²) in [5.74, 6) is -0.0328. The Morgan fingerprint density at radius 1 is 1.41 bits per heavy atom. The molecule has 94 valence electrons. The summed E-state index contributed by atoms with van der Waals surface area (Å²) in [6.07, 6.45) is 0. The quantitative estimate of drug-likeness (QED) is 0.808. The van der Waals surface area contributed by atoms with Crippen LogP contribution in [0.2, 0.25) is 0 Å². The fraction of sp³-hybridized carbons (Fsp3) is 0.462. The van der Waals surface area contributed by atoms with E-state index in [9.17, 15) is 4.79 Å². The summed E-state index contributed by atoms with van der Waals surface area (Å²) in [6.45, 7) is 6.84. The molecule has 1 rings (SSSR count). The van der Waals surface area contributed by atoms with Crippen LogP contribution in [0.4, 0.5) is 0 Å². The van der Waals surface area contributed by atoms with Gasteiger partial charge in [0, 0.05) is 16.3 Å². The van der Waals surface area contributed by atoms with Gasteiger partial charge in [-0.15, -0.1) is 0 Å². The maximum Gasteiger partial charge on any atom is 0.252 e. The zero-order valence-corrected chi connectivity index (χ0v) is 13.5. The highest BCUT2D eigenvalue weighted by atomic mass is 79.9. The molecule has 0 heterocycles. The molecule has 0 saturated carbocycles. The molecule has 0 fully saturated rings. The molecule has 0 unspecified atom stereocenters. The molecule has 0 atom stereocenters. The monoisotopic (exact) mass is 361 g/mol. The minimum absolute atomic E-state index is 0.0328. The van der Waals surface area contributed by atoms with Gasteiger partial charge in [-0.25, -0.2) is 0 Å². The lowest BCUT2D eigenvalue weighted by Crippen LogP contribution is -2.35. The number of hydrogen-bond donors (Lipinski definition) is 1. The van der Waals surface area contributed by atoms with Crippen LogP contribution < -0.4 is 5.32 Å². The van der Waals surface area contributed by atoms with Gasteiger partial charge in [0.15, 0.2) is 0 Å². The molecule has 1 aromatic carbocycles. The van der Waals surface area contributed by atoms with Crippen molar-refractivity contribution in [2.24, 2.45) is 5.41 Å². The van der Waals surface area contributed by atoms with Gasteiger partial charge in [0.25, 0.3) is 5.91 Å². The number of rotatable bonds is 4. The maximum absolute atomic E-state index is 12.0. The molecule has 0 aromatic heterocycles. The molecule has 0 aliphatic heterocycles. The Labute approximate surface area is 119 Å². The Balaban J connectivity index is 2.74. The number of alkyl halides is 1. The summed E-state index contributed by atoms with van der Waals surface area (Å²) in [7, 11) is 0. The highest BCUT2D eigenvalue weighted by Gasteiger charge is 2.18. The van der Waals surface area contributed by atoms with Crippen LogP contribution in [0.1, 0.15) is 29.8 Å². The van der Waals surface area contributed by atoms with Gasteiger partial charge in [-0.05, 0) is 40.4 Å². The molecule has 4 heteroatoms. The van der Waals surface area contributed by atoms with Crippen molar-refractivity contribution in [2.45, 2.75) is 20.8 Å². The summed E-state index contributed by atoms with van der Waals surface area (Å²) < 4.78 is 0.831. The predicted molar refractivity (Wildman–Crippen MR) is 78.8 cm³/mol. The van der Waals surface area contributed by atoms with Crippen LogP contribution in [0, 0.1) is 12.3 Å². The van der Waals surface area contributed by atoms with Gasteiger partial charge >= 0.3 is 0 Å². The van der Waals surface area contributed by atoms with E-state index in [1.54, 1.807) is 0 Å². The van der Waals surface area contributed by atoms with Crippen molar-refractivity contribution in [1.29, 1.82) is 0 Å². The van der Waals surface area contributed by atoms with E-state index < -0.39 is 0 Å². The molecule has 17 heavy (non-hydrogen) atoms. The molecule has 1 aromatic rings. The number of amides is 1. The minimum atomic E-state index is -0.0328. The van der Waals surface area contributed by atoms with E-state index in [1.807, 2.05) is 25.1 Å². The number of nitrogens with one attached hydrogen (secondary N) is 1. The molecule has 1 N–H and O–H groups in total. The van der Waals surface area contributed by atoms with Crippen molar-refractivity contribution < 1.29 is 4.79 Å². The first-order valence-electron chi connectivity index (χ1n) is 5.46. The van der Waals surface area contributed by atoms with Crippen LogP contribution in [0.5, 0.6) is 0 Å². The molecular weight excluding hydrogens is 346 g/mol. The van der Waals surface area contributed by atoms with Crippen molar-refractivity contribution in [3.8, 4) is 0 Å². The Morgan fingerprint density at radius 2 is 2.06 bits per heavy atom. The second kappa shape index (κ2) is 6.01. The summed E-state index contributed by atoms with van der Waals surface area (Å²) in [6, 6.07) is 5.77. The molecule has 0 spiro atoms. The van der Waals surface area contributed by atoms with E-state index in [2.05, 4.69) is 51.0 Å². The first-order valence-corrected chi connectivity index (χ1v) is 7.37. The first kappa shape index (κ1) is 14.7. The standard InChI is InChI=1S/C13H17Br2NO/c1-9-4-5-11(15)10(6-9)12(17)16-8-13(2,3)7-14/h4-6H,7-8H2,1-3H3,(H,16,17). The van der Waals surface area contributed by atoms with Crippen molar-refractivity contribution in [2.75, 3.05) is 11.9 Å². The summed E-state index contributed by atoms with van der Waals surface area (Å²) >= 11 is 6.84. The van der Waals surface area contributed by atoms with Crippen LogP contribution in [-0.4, -0.2) is 17.8 Å². The van der Waals surface area contributed by atoms with Crippen LogP contribution in [0.15, 0.2) is 22.7 Å². The van der Waals surface area contributed by atoms with Crippen molar-refractivity contribution in [3.05, 3.63) is 33.8 Å². The zero-order valence-electron chi connectivity index (χ0n) is 10.3. The van der Waals surface area contributed by atoms with Gasteiger partial charge < -0.3 is 5.32 Å². The van der Waals surface area contributed by atoms with Crippen LogP contribution in [-0.2, 0) is 0 Å². The maximum atomic E-state index is 12.0. The second-order valence-electron chi connectivity index (χ2n) is 4.96. The van der Waals surface area contributed by atoms with Crippen molar-refractivity contribution >= 4 is 37.8 Å². The number of hydrogen-bond acceptors (Lipinski definition) is 1. The molecule has 0 aliphatic rings. The van der Waals surface area contributed by atoms with Gasteiger partial charge in [-0.2, -0.15) is 0 Å². The summed E-state index contributed by atoms with van der Waals surface area (Å²) in [4.78, 5) is 12.0. The van der Waals surface area contributed by atoms with E-state index in [1.165, 1.54) is 0 Å². The highest BCUT2D eigenvalue weighted by Crippen LogP contribution is 2.20. The van der Waals surface area contributed by atoms with Gasteiger partial charge in [0.1, 0.15) is 0 Å². The highest BCUT2D eigenvalue weighted by molar-refractivity contribution is 9.10. The fourth-order valence-electron chi connectivity index (χ4n) is 1.28. The van der Waals surface area contributed by atoms with E-state index in [-0.39, 0.29) is 11.3 Å². The molecule has 0 aliphatic carbocycles. The topological polar surface area (TPSA) is 29.1 Å². The lowest BCUT2D eigenvalue weighted by Gasteiger charge is -2.22. The third-order valence-electron chi connectivity index (χ3n) is 2.46. The largest absolute Gasteiger partial charge is 0.351 e. The Kier molecular flexibility index (Phi) is 5.20. The van der Waals surface area contributed by atoms with Gasteiger partial charge in [-0.1, -0.05) is 41.4 Å². The van der Waals surface area contributed by atoms with E-state index in [0.717, 1.165) is 15.4 Å².